The predicted octanol–water partition coefficient (Wildman–Crippen LogP) is 2.59. The van der Waals surface area contributed by atoms with Crippen LogP contribution in [-0.2, 0) is 14.4 Å². The number of benzene rings is 1. The highest BCUT2D eigenvalue weighted by atomic mass is 35.5. The zero-order chi connectivity index (χ0) is 16.7. The van der Waals surface area contributed by atoms with Gasteiger partial charge in [-0.25, -0.2) is 0 Å². The van der Waals surface area contributed by atoms with Crippen LogP contribution in [0.1, 0.15) is 12.0 Å². The highest BCUT2D eigenvalue weighted by Crippen LogP contribution is 2.61. The molecule has 1 saturated heterocycles. The highest BCUT2D eigenvalue weighted by Gasteiger charge is 2.69. The second-order valence-corrected chi connectivity index (χ2v) is 7.89. The van der Waals surface area contributed by atoms with Gasteiger partial charge >= 0.3 is 0 Å². The smallest absolute Gasteiger partial charge is 0.233 e. The second kappa shape index (κ2) is 4.73. The van der Waals surface area contributed by atoms with Crippen LogP contribution in [0.3, 0.4) is 0 Å². The summed E-state index contributed by atoms with van der Waals surface area (Å²) in [5, 5.41) is 5.36. The summed E-state index contributed by atoms with van der Waals surface area (Å²) in [4.78, 5) is 31.9. The molecule has 24 heavy (non-hydrogen) atoms. The fraction of sp³-hybridized carbons (Fsp3) is 0.471. The molecule has 0 spiro atoms. The molecule has 0 radical (unpaired) electrons. The number of carbonyl (C=O) groups excluding carboxylic acids is 2. The molecule has 4 aliphatic rings. The molecule has 1 aromatic rings. The minimum Gasteiger partial charge on any atom is -0.391 e. The van der Waals surface area contributed by atoms with Crippen LogP contribution >= 0.6 is 23.2 Å². The predicted molar refractivity (Wildman–Crippen MR) is 87.7 cm³/mol. The number of oxime groups is 1. The first-order chi connectivity index (χ1) is 11.5. The van der Waals surface area contributed by atoms with E-state index in [1.165, 1.54) is 4.90 Å². The molecular formula is C17H14Cl2N2O3. The van der Waals surface area contributed by atoms with Gasteiger partial charge in [0.2, 0.25) is 11.8 Å². The topological polar surface area (TPSA) is 59.0 Å². The maximum Gasteiger partial charge on any atom is 0.233 e. The standard InChI is InChI=1S/C17H14Cl2N2O3/c1-21-16(22)11-8-5-9(12(11)17(21)23)15-13(8)14(20-24-15)7-3-2-6(18)4-10(7)19/h2-4,8-9,11-13,15H,5H2,1H3/t8-,9+,11-,12+,13-,15-/m1/s1. The molecule has 2 aliphatic carbocycles. The average Bonchev–Trinajstić information content (AvgIpc) is 3.25. The molecule has 5 nitrogen and oxygen atoms in total. The second-order valence-electron chi connectivity index (χ2n) is 7.05. The summed E-state index contributed by atoms with van der Waals surface area (Å²) in [6.07, 6.45) is 0.696. The van der Waals surface area contributed by atoms with Crippen LogP contribution < -0.4 is 0 Å². The van der Waals surface area contributed by atoms with Gasteiger partial charge in [0.05, 0.1) is 22.6 Å². The number of nitrogens with zero attached hydrogens (tertiary/aromatic N) is 2. The summed E-state index contributed by atoms with van der Waals surface area (Å²) in [7, 11) is 1.57. The number of hydrogen-bond donors (Lipinski definition) is 0. The number of halogens is 2. The molecule has 2 amide bonds. The number of imide groups is 1. The maximum absolute atomic E-state index is 12.5. The fourth-order valence-corrected chi connectivity index (χ4v) is 5.70. The minimum atomic E-state index is -0.246. The number of likely N-dealkylation sites (tertiary alicyclic amines) is 1. The van der Waals surface area contributed by atoms with Crippen molar-refractivity contribution in [2.75, 3.05) is 7.05 Å². The lowest BCUT2D eigenvalue weighted by molar-refractivity contribution is -0.139. The first kappa shape index (κ1) is 14.7. The highest BCUT2D eigenvalue weighted by molar-refractivity contribution is 6.37. The van der Waals surface area contributed by atoms with Crippen molar-refractivity contribution >= 4 is 40.7 Å². The Morgan fingerprint density at radius 3 is 2.54 bits per heavy atom. The molecule has 124 valence electrons. The van der Waals surface area contributed by atoms with E-state index in [-0.39, 0.29) is 47.5 Å². The van der Waals surface area contributed by atoms with E-state index in [1.54, 1.807) is 19.2 Å². The van der Waals surface area contributed by atoms with Crippen molar-refractivity contribution in [1.82, 2.24) is 4.90 Å². The zero-order valence-corrected chi connectivity index (χ0v) is 14.3. The van der Waals surface area contributed by atoms with Crippen LogP contribution in [0.4, 0.5) is 0 Å². The van der Waals surface area contributed by atoms with Crippen molar-refractivity contribution in [3.63, 3.8) is 0 Å². The Kier molecular flexibility index (Phi) is 2.90. The van der Waals surface area contributed by atoms with Gasteiger partial charge in [-0.3, -0.25) is 14.5 Å². The van der Waals surface area contributed by atoms with Gasteiger partial charge in [0.15, 0.2) is 0 Å². The zero-order valence-electron chi connectivity index (χ0n) is 12.8. The van der Waals surface area contributed by atoms with Gasteiger partial charge in [-0.15, -0.1) is 0 Å². The first-order valence-electron chi connectivity index (χ1n) is 7.99. The Bertz CT molecular complexity index is 824. The third kappa shape index (κ3) is 1.64. The van der Waals surface area contributed by atoms with Gasteiger partial charge in [0, 0.05) is 29.5 Å². The Morgan fingerprint density at radius 2 is 1.83 bits per heavy atom. The monoisotopic (exact) mass is 364 g/mol. The molecule has 6 atom stereocenters. The van der Waals surface area contributed by atoms with E-state index in [2.05, 4.69) is 5.16 Å². The summed E-state index contributed by atoms with van der Waals surface area (Å²) in [5.41, 5.74) is 1.57. The van der Waals surface area contributed by atoms with Gasteiger partial charge in [-0.1, -0.05) is 34.4 Å². The molecule has 0 unspecified atom stereocenters. The van der Waals surface area contributed by atoms with Gasteiger partial charge in [-0.2, -0.15) is 0 Å². The molecular weight excluding hydrogens is 351 g/mol. The van der Waals surface area contributed by atoms with Crippen molar-refractivity contribution in [2.45, 2.75) is 12.5 Å². The van der Waals surface area contributed by atoms with E-state index in [1.807, 2.05) is 6.07 Å². The molecule has 2 heterocycles. The van der Waals surface area contributed by atoms with E-state index in [0.717, 1.165) is 17.7 Å². The number of rotatable bonds is 1. The van der Waals surface area contributed by atoms with E-state index in [0.29, 0.717) is 10.0 Å². The van der Waals surface area contributed by atoms with Crippen molar-refractivity contribution in [3.8, 4) is 0 Å². The summed E-state index contributed by atoms with van der Waals surface area (Å²) in [5.74, 6) is -0.478. The molecule has 2 aliphatic heterocycles. The van der Waals surface area contributed by atoms with Crippen LogP contribution in [0.5, 0.6) is 0 Å². The lowest BCUT2D eigenvalue weighted by atomic mass is 9.71. The Morgan fingerprint density at radius 1 is 1.12 bits per heavy atom. The molecule has 7 heteroatoms. The van der Waals surface area contributed by atoms with Crippen molar-refractivity contribution in [2.24, 2.45) is 34.7 Å². The lowest BCUT2D eigenvalue weighted by Gasteiger charge is -2.30. The Hall–Kier alpha value is -1.59. The van der Waals surface area contributed by atoms with Gasteiger partial charge in [0.1, 0.15) is 6.10 Å². The normalized spacial score (nSPS) is 39.1. The van der Waals surface area contributed by atoms with Crippen LogP contribution in [0, 0.1) is 29.6 Å². The van der Waals surface area contributed by atoms with Gasteiger partial charge < -0.3 is 4.84 Å². The number of amides is 2. The van der Waals surface area contributed by atoms with E-state index in [9.17, 15) is 9.59 Å². The summed E-state index contributed by atoms with van der Waals surface area (Å²) < 4.78 is 0. The third-order valence-electron chi connectivity index (χ3n) is 6.12. The van der Waals surface area contributed by atoms with Crippen molar-refractivity contribution in [3.05, 3.63) is 33.8 Å². The summed E-state index contributed by atoms with van der Waals surface area (Å²) in [6, 6.07) is 5.29. The number of fused-ring (bicyclic) bond motifs is 8. The maximum atomic E-state index is 12.5. The van der Waals surface area contributed by atoms with E-state index < -0.39 is 0 Å². The lowest BCUT2D eigenvalue weighted by Crippen LogP contribution is -2.41. The molecule has 0 N–H and O–H groups in total. The molecule has 0 aromatic heterocycles. The number of hydrogen-bond acceptors (Lipinski definition) is 4. The third-order valence-corrected chi connectivity index (χ3v) is 6.67. The Balaban J connectivity index is 1.55. The molecule has 5 rings (SSSR count). The van der Waals surface area contributed by atoms with Crippen LogP contribution in [0.15, 0.2) is 23.4 Å². The number of carbonyl (C=O) groups is 2. The minimum absolute atomic E-state index is 0.0122. The van der Waals surface area contributed by atoms with Gasteiger partial charge in [-0.05, 0) is 24.5 Å². The molecule has 1 aromatic carbocycles. The molecule has 2 bridgehead atoms. The van der Waals surface area contributed by atoms with Crippen LogP contribution in [0.2, 0.25) is 10.0 Å². The Labute approximate surface area is 148 Å². The SMILES string of the molecule is CN1C(=O)[C@@H]2[C@H]3C[C@H]([C@H]4ON=C(c5ccc(Cl)cc5Cl)[C@@H]34)[C@@H]2C1=O. The van der Waals surface area contributed by atoms with E-state index >= 15 is 0 Å². The first-order valence-corrected chi connectivity index (χ1v) is 8.75. The largest absolute Gasteiger partial charge is 0.391 e. The average molecular weight is 365 g/mol. The quantitative estimate of drug-likeness (QED) is 0.719. The van der Waals surface area contributed by atoms with E-state index in [4.69, 9.17) is 28.0 Å². The summed E-state index contributed by atoms with van der Waals surface area (Å²) in [6.45, 7) is 0. The fourth-order valence-electron chi connectivity index (χ4n) is 5.19. The van der Waals surface area contributed by atoms with Crippen molar-refractivity contribution < 1.29 is 14.4 Å². The van der Waals surface area contributed by atoms with Crippen LogP contribution in [-0.4, -0.2) is 35.6 Å². The van der Waals surface area contributed by atoms with Gasteiger partial charge in [0.25, 0.3) is 0 Å². The molecule has 2 saturated carbocycles. The molecule has 3 fully saturated rings. The van der Waals surface area contributed by atoms with Crippen molar-refractivity contribution in [1.29, 1.82) is 0 Å². The summed E-state index contributed by atoms with van der Waals surface area (Å²) >= 11 is 12.3. The van der Waals surface area contributed by atoms with Crippen LogP contribution in [0.25, 0.3) is 0 Å².